The van der Waals surface area contributed by atoms with Crippen molar-refractivity contribution in [3.63, 3.8) is 0 Å². The smallest absolute Gasteiger partial charge is 0.435 e. The Morgan fingerprint density at radius 2 is 1.73 bits per heavy atom. The lowest BCUT2D eigenvalue weighted by atomic mass is 10.0. The predicted octanol–water partition coefficient (Wildman–Crippen LogP) is 7.42. The molecule has 0 radical (unpaired) electrons. The van der Waals surface area contributed by atoms with Crippen molar-refractivity contribution in [3.05, 3.63) is 111 Å². The van der Waals surface area contributed by atoms with Crippen molar-refractivity contribution in [2.45, 2.75) is 45.5 Å². The van der Waals surface area contributed by atoms with Gasteiger partial charge in [-0.05, 0) is 68.1 Å². The average Bonchev–Trinajstić information content (AvgIpc) is 3.40. The number of carbonyl (C=O) groups is 2. The highest BCUT2D eigenvalue weighted by Gasteiger charge is 2.36. The van der Waals surface area contributed by atoms with Gasteiger partial charge >= 0.3 is 12.3 Å². The molecule has 0 fully saturated rings. The SMILES string of the molecule is CC(C)(C)OC(=O)NCc1ccccc1-n1nc(C(F)(F)F)cc1C(=O)Nc1cc(Cc2cccc(C#N)c2Cl)ccc1F. The number of ether oxygens (including phenoxy) is 1. The number of halogens is 5. The largest absolute Gasteiger partial charge is 0.444 e. The molecule has 0 spiro atoms. The third-order valence-corrected chi connectivity index (χ3v) is 6.59. The number of para-hydroxylation sites is 1. The van der Waals surface area contributed by atoms with Gasteiger partial charge in [-0.25, -0.2) is 13.9 Å². The van der Waals surface area contributed by atoms with E-state index in [-0.39, 0.29) is 34.9 Å². The lowest BCUT2D eigenvalue weighted by Gasteiger charge is -2.20. The second-order valence-electron chi connectivity index (χ2n) is 10.6. The van der Waals surface area contributed by atoms with Crippen LogP contribution in [0, 0.1) is 17.1 Å². The predicted molar refractivity (Wildman–Crippen MR) is 155 cm³/mol. The van der Waals surface area contributed by atoms with Gasteiger partial charge in [-0.1, -0.05) is 48.0 Å². The zero-order valence-corrected chi connectivity index (χ0v) is 24.5. The Bertz CT molecular complexity index is 1760. The first-order valence-corrected chi connectivity index (χ1v) is 13.5. The molecule has 8 nitrogen and oxygen atoms in total. The van der Waals surface area contributed by atoms with Gasteiger partial charge in [0.1, 0.15) is 23.2 Å². The van der Waals surface area contributed by atoms with Crippen molar-refractivity contribution in [1.29, 1.82) is 5.26 Å². The molecule has 0 saturated heterocycles. The Kier molecular flexibility index (Phi) is 9.30. The highest BCUT2D eigenvalue weighted by molar-refractivity contribution is 6.32. The molecule has 13 heteroatoms. The molecule has 0 aliphatic carbocycles. The van der Waals surface area contributed by atoms with Crippen molar-refractivity contribution in [2.24, 2.45) is 0 Å². The maximum absolute atomic E-state index is 14.8. The highest BCUT2D eigenvalue weighted by atomic mass is 35.5. The van der Waals surface area contributed by atoms with Gasteiger partial charge in [0.15, 0.2) is 5.69 Å². The van der Waals surface area contributed by atoms with Crippen molar-refractivity contribution < 1.29 is 31.9 Å². The standard InChI is InChI=1S/C31H26ClF4N5O3/c1-30(2,3)44-29(43)38-17-21-7-4-5-10-24(21)41-25(15-26(40-41)31(34,35)36)28(42)39-23-14-18(11-12-22(23)33)13-19-8-6-9-20(16-37)27(19)32/h4-12,14-15H,13,17H2,1-3H3,(H,38,43)(H,39,42). The second kappa shape index (κ2) is 12.8. The minimum Gasteiger partial charge on any atom is -0.444 e. The molecule has 0 aliphatic rings. The fraction of sp³-hybridized carbons (Fsp3) is 0.226. The molecule has 0 unspecified atom stereocenters. The number of alkyl halides is 3. The summed E-state index contributed by atoms with van der Waals surface area (Å²) in [5.41, 5.74) is -1.19. The van der Waals surface area contributed by atoms with Crippen molar-refractivity contribution in [2.75, 3.05) is 5.32 Å². The molecule has 3 aromatic carbocycles. The average molecular weight is 628 g/mol. The minimum absolute atomic E-state index is 0.0745. The summed E-state index contributed by atoms with van der Waals surface area (Å²) in [4.78, 5) is 25.6. The lowest BCUT2D eigenvalue weighted by Crippen LogP contribution is -2.32. The van der Waals surface area contributed by atoms with E-state index in [2.05, 4.69) is 15.7 Å². The third-order valence-electron chi connectivity index (χ3n) is 6.15. The van der Waals surface area contributed by atoms with Crippen LogP contribution in [0.15, 0.2) is 66.7 Å². The summed E-state index contributed by atoms with van der Waals surface area (Å²) in [6.45, 7) is 4.87. The number of nitriles is 1. The van der Waals surface area contributed by atoms with Crippen molar-refractivity contribution in [3.8, 4) is 11.8 Å². The zero-order chi connectivity index (χ0) is 32.2. The minimum atomic E-state index is -4.90. The van der Waals surface area contributed by atoms with E-state index in [4.69, 9.17) is 16.3 Å². The van der Waals surface area contributed by atoms with Gasteiger partial charge in [-0.3, -0.25) is 4.79 Å². The van der Waals surface area contributed by atoms with Crippen molar-refractivity contribution in [1.82, 2.24) is 15.1 Å². The number of carbonyl (C=O) groups excluding carboxylic acids is 2. The van der Waals surface area contributed by atoms with E-state index < -0.39 is 41.0 Å². The quantitative estimate of drug-likeness (QED) is 0.207. The van der Waals surface area contributed by atoms with Gasteiger partial charge in [0.05, 0.1) is 22.0 Å². The molecule has 44 heavy (non-hydrogen) atoms. The number of amides is 2. The summed E-state index contributed by atoms with van der Waals surface area (Å²) in [6.07, 6.45) is -5.46. The molecule has 1 heterocycles. The van der Waals surface area contributed by atoms with Crippen LogP contribution < -0.4 is 10.6 Å². The fourth-order valence-electron chi connectivity index (χ4n) is 4.20. The molecule has 0 saturated carbocycles. The number of nitrogens with one attached hydrogen (secondary N) is 2. The van der Waals surface area contributed by atoms with E-state index in [1.165, 1.54) is 24.3 Å². The van der Waals surface area contributed by atoms with Crippen LogP contribution in [0.2, 0.25) is 5.02 Å². The van der Waals surface area contributed by atoms with Gasteiger partial charge in [-0.2, -0.15) is 23.5 Å². The molecule has 4 rings (SSSR count). The number of nitrogens with zero attached hydrogens (tertiary/aromatic N) is 3. The first-order valence-electron chi connectivity index (χ1n) is 13.2. The summed E-state index contributed by atoms with van der Waals surface area (Å²) in [5, 5.41) is 18.0. The van der Waals surface area contributed by atoms with Crippen LogP contribution in [0.3, 0.4) is 0 Å². The van der Waals surface area contributed by atoms with Crippen LogP contribution in [0.5, 0.6) is 0 Å². The van der Waals surface area contributed by atoms with Crippen LogP contribution in [0.1, 0.15) is 59.2 Å². The monoisotopic (exact) mass is 627 g/mol. The maximum Gasteiger partial charge on any atom is 0.435 e. The molecule has 2 amide bonds. The Balaban J connectivity index is 1.66. The molecule has 0 atom stereocenters. The first kappa shape index (κ1) is 32.0. The number of alkyl carbamates (subject to hydrolysis) is 1. The molecule has 2 N–H and O–H groups in total. The second-order valence-corrected chi connectivity index (χ2v) is 11.0. The van der Waals surface area contributed by atoms with Gasteiger partial charge in [0, 0.05) is 12.6 Å². The molecular formula is C31H26ClF4N5O3. The summed E-state index contributed by atoms with van der Waals surface area (Å²) in [6, 6.07) is 17.4. The Morgan fingerprint density at radius 3 is 2.41 bits per heavy atom. The van der Waals surface area contributed by atoms with E-state index in [0.29, 0.717) is 22.8 Å². The van der Waals surface area contributed by atoms with Crippen LogP contribution >= 0.6 is 11.6 Å². The van der Waals surface area contributed by atoms with Gasteiger partial charge < -0.3 is 15.4 Å². The summed E-state index contributed by atoms with van der Waals surface area (Å²) in [7, 11) is 0. The van der Waals surface area contributed by atoms with Gasteiger partial charge in [0.2, 0.25) is 0 Å². The van der Waals surface area contributed by atoms with E-state index in [1.54, 1.807) is 51.1 Å². The van der Waals surface area contributed by atoms with Crippen LogP contribution in [-0.2, 0) is 23.9 Å². The highest BCUT2D eigenvalue weighted by Crippen LogP contribution is 2.31. The third kappa shape index (κ3) is 7.73. The summed E-state index contributed by atoms with van der Waals surface area (Å²) >= 11 is 6.29. The number of aromatic nitrogens is 2. The topological polar surface area (TPSA) is 109 Å². The molecule has 0 bridgehead atoms. The molecule has 4 aromatic rings. The van der Waals surface area contributed by atoms with E-state index in [1.807, 2.05) is 6.07 Å². The van der Waals surface area contributed by atoms with Crippen LogP contribution in [-0.4, -0.2) is 27.4 Å². The number of anilines is 1. The maximum atomic E-state index is 14.8. The van der Waals surface area contributed by atoms with Crippen LogP contribution in [0.25, 0.3) is 5.69 Å². The van der Waals surface area contributed by atoms with E-state index in [0.717, 1.165) is 10.7 Å². The number of rotatable bonds is 7. The summed E-state index contributed by atoms with van der Waals surface area (Å²) in [5.74, 6) is -1.90. The first-order chi connectivity index (χ1) is 20.7. The van der Waals surface area contributed by atoms with Gasteiger partial charge in [0.25, 0.3) is 5.91 Å². The molecule has 228 valence electrons. The number of benzene rings is 3. The Labute approximate surface area is 255 Å². The van der Waals surface area contributed by atoms with E-state index in [9.17, 15) is 32.4 Å². The zero-order valence-electron chi connectivity index (χ0n) is 23.7. The number of hydrogen-bond acceptors (Lipinski definition) is 5. The normalized spacial score (nSPS) is 11.5. The number of hydrogen-bond donors (Lipinski definition) is 2. The molecular weight excluding hydrogens is 602 g/mol. The van der Waals surface area contributed by atoms with Crippen molar-refractivity contribution >= 4 is 29.3 Å². The molecule has 0 aliphatic heterocycles. The Hall–Kier alpha value is -4.89. The molecule has 1 aromatic heterocycles. The Morgan fingerprint density at radius 1 is 1.02 bits per heavy atom. The lowest BCUT2D eigenvalue weighted by molar-refractivity contribution is -0.141. The van der Waals surface area contributed by atoms with Crippen LogP contribution in [0.4, 0.5) is 28.0 Å². The summed E-state index contributed by atoms with van der Waals surface area (Å²) < 4.78 is 62.0. The van der Waals surface area contributed by atoms with E-state index >= 15 is 0 Å². The van der Waals surface area contributed by atoms with Gasteiger partial charge in [-0.15, -0.1) is 0 Å². The fourth-order valence-corrected chi connectivity index (χ4v) is 4.44.